The fourth-order valence-electron chi connectivity index (χ4n) is 5.77. The van der Waals surface area contributed by atoms with E-state index < -0.39 is 8.32 Å². The highest BCUT2D eigenvalue weighted by Gasteiger charge is 2.67. The van der Waals surface area contributed by atoms with Gasteiger partial charge in [-0.2, -0.15) is 0 Å². The minimum absolute atomic E-state index is 0.00288. The molecular weight excluding hydrogens is 352 g/mol. The molecular formula is C23H44O3Si. The standard InChI is InChI=1S/C23H44O3Si/c1-8-9-10-11-12-13-14-16-17-15-18-20(19(16)22(24-5)25-18)21(17)26-27(6,7)23(2,3)4/h16-22H,8-15H2,1-7H3/t16-,17?,18?,19?,20?,21-,22-/m0/s1. The molecule has 2 aliphatic carbocycles. The van der Waals surface area contributed by atoms with Crippen LogP contribution in [-0.4, -0.2) is 33.9 Å². The Kier molecular flexibility index (Phi) is 6.82. The Morgan fingerprint density at radius 1 is 1.00 bits per heavy atom. The number of fused-ring (bicyclic) bond motifs is 1. The largest absolute Gasteiger partial charge is 0.413 e. The Morgan fingerprint density at radius 2 is 1.67 bits per heavy atom. The van der Waals surface area contributed by atoms with Crippen LogP contribution >= 0.6 is 0 Å². The van der Waals surface area contributed by atoms with Gasteiger partial charge in [0.1, 0.15) is 0 Å². The Labute approximate surface area is 169 Å². The quantitative estimate of drug-likeness (QED) is 0.317. The lowest BCUT2D eigenvalue weighted by Gasteiger charge is -2.39. The van der Waals surface area contributed by atoms with Gasteiger partial charge in [0, 0.05) is 18.9 Å². The van der Waals surface area contributed by atoms with E-state index in [4.69, 9.17) is 13.9 Å². The summed E-state index contributed by atoms with van der Waals surface area (Å²) in [6.45, 7) is 14.2. The first-order valence-electron chi connectivity index (χ1n) is 11.6. The molecule has 0 aromatic heterocycles. The van der Waals surface area contributed by atoms with Crippen LogP contribution in [-0.2, 0) is 13.9 Å². The number of hydrogen-bond donors (Lipinski definition) is 0. The molecule has 0 spiro atoms. The van der Waals surface area contributed by atoms with Gasteiger partial charge >= 0.3 is 0 Å². The lowest BCUT2D eigenvalue weighted by atomic mass is 9.77. The fourth-order valence-corrected chi connectivity index (χ4v) is 7.13. The molecule has 2 saturated carbocycles. The van der Waals surface area contributed by atoms with Crippen LogP contribution in [0.1, 0.15) is 79.1 Å². The summed E-state index contributed by atoms with van der Waals surface area (Å²) in [5.74, 6) is 2.55. The fraction of sp³-hybridized carbons (Fsp3) is 1.00. The highest BCUT2D eigenvalue weighted by molar-refractivity contribution is 6.74. The van der Waals surface area contributed by atoms with Crippen molar-refractivity contribution in [2.45, 2.75) is 116 Å². The molecule has 1 heterocycles. The van der Waals surface area contributed by atoms with E-state index in [-0.39, 0.29) is 11.3 Å². The topological polar surface area (TPSA) is 27.7 Å². The van der Waals surface area contributed by atoms with Crippen LogP contribution < -0.4 is 0 Å². The van der Waals surface area contributed by atoms with Gasteiger partial charge in [0.25, 0.3) is 0 Å². The van der Waals surface area contributed by atoms with Crippen molar-refractivity contribution in [1.29, 1.82) is 0 Å². The van der Waals surface area contributed by atoms with Gasteiger partial charge in [-0.25, -0.2) is 0 Å². The number of unbranched alkanes of at least 4 members (excludes halogenated alkanes) is 5. The van der Waals surface area contributed by atoms with E-state index in [1.165, 1.54) is 51.4 Å². The molecule has 7 atom stereocenters. The molecule has 27 heavy (non-hydrogen) atoms. The van der Waals surface area contributed by atoms with Crippen molar-refractivity contribution in [1.82, 2.24) is 0 Å². The van der Waals surface area contributed by atoms with Crippen molar-refractivity contribution >= 4 is 8.32 Å². The predicted molar refractivity (Wildman–Crippen MR) is 114 cm³/mol. The average Bonchev–Trinajstić information content (AvgIpc) is 3.15. The van der Waals surface area contributed by atoms with Crippen LogP contribution in [0.15, 0.2) is 0 Å². The van der Waals surface area contributed by atoms with Crippen LogP contribution in [0.3, 0.4) is 0 Å². The molecule has 1 saturated heterocycles. The van der Waals surface area contributed by atoms with Crippen LogP contribution in [0, 0.1) is 23.7 Å². The van der Waals surface area contributed by atoms with E-state index in [0.29, 0.717) is 30.0 Å². The minimum atomic E-state index is -1.76. The van der Waals surface area contributed by atoms with E-state index in [0.717, 1.165) is 5.92 Å². The third-order valence-corrected chi connectivity index (χ3v) is 12.7. The zero-order valence-electron chi connectivity index (χ0n) is 18.9. The number of ether oxygens (including phenoxy) is 2. The smallest absolute Gasteiger partial charge is 0.192 e. The first kappa shape index (κ1) is 21.8. The molecule has 2 bridgehead atoms. The summed E-state index contributed by atoms with van der Waals surface area (Å²) in [6, 6.07) is 0. The van der Waals surface area contributed by atoms with Crippen molar-refractivity contribution in [2.75, 3.05) is 7.11 Å². The van der Waals surface area contributed by atoms with Crippen molar-refractivity contribution in [3.8, 4) is 0 Å². The van der Waals surface area contributed by atoms with Crippen molar-refractivity contribution in [2.24, 2.45) is 23.7 Å². The molecule has 3 nitrogen and oxygen atoms in total. The second-order valence-corrected chi connectivity index (χ2v) is 15.7. The van der Waals surface area contributed by atoms with Crippen LogP contribution in [0.25, 0.3) is 0 Å². The maximum absolute atomic E-state index is 7.02. The zero-order chi connectivity index (χ0) is 19.8. The highest BCUT2D eigenvalue weighted by atomic mass is 28.4. The lowest BCUT2D eigenvalue weighted by molar-refractivity contribution is -0.130. The van der Waals surface area contributed by atoms with Gasteiger partial charge in [0.05, 0.1) is 12.2 Å². The molecule has 3 rings (SSSR count). The average molecular weight is 397 g/mol. The van der Waals surface area contributed by atoms with Gasteiger partial charge in [0.2, 0.25) is 0 Å². The molecule has 1 aliphatic heterocycles. The number of methoxy groups -OCH3 is 1. The summed E-state index contributed by atoms with van der Waals surface area (Å²) < 4.78 is 19.1. The Bertz CT molecular complexity index is 487. The molecule has 0 aromatic rings. The Balaban J connectivity index is 1.65. The van der Waals surface area contributed by atoms with Crippen LogP contribution in [0.2, 0.25) is 18.1 Å². The lowest BCUT2D eigenvalue weighted by Crippen LogP contribution is -2.45. The molecule has 4 heteroatoms. The second-order valence-electron chi connectivity index (χ2n) is 10.9. The molecule has 3 fully saturated rings. The molecule has 3 aliphatic rings. The van der Waals surface area contributed by atoms with Gasteiger partial charge in [-0.1, -0.05) is 66.2 Å². The molecule has 0 radical (unpaired) electrons. The summed E-state index contributed by atoms with van der Waals surface area (Å²) in [7, 11) is 0.0714. The Hall–Kier alpha value is 0.0969. The SMILES string of the molecule is CCCCCCCC[C@@H]1C2C3C(CC1[C@@H]3O[Si](C)(C)C(C)(C)C)O[C@@H]2OC. The second kappa shape index (κ2) is 8.45. The molecule has 4 unspecified atom stereocenters. The van der Waals surface area contributed by atoms with Crippen molar-refractivity contribution in [3.05, 3.63) is 0 Å². The zero-order valence-corrected chi connectivity index (χ0v) is 19.9. The third kappa shape index (κ3) is 4.20. The predicted octanol–water partition coefficient (Wildman–Crippen LogP) is 6.38. The summed E-state index contributed by atoms with van der Waals surface area (Å²) in [6.07, 6.45) is 11.6. The van der Waals surface area contributed by atoms with E-state index in [2.05, 4.69) is 40.8 Å². The van der Waals surface area contributed by atoms with Crippen molar-refractivity contribution < 1.29 is 13.9 Å². The minimum Gasteiger partial charge on any atom is -0.413 e. The van der Waals surface area contributed by atoms with E-state index in [1.807, 2.05) is 7.11 Å². The first-order chi connectivity index (χ1) is 12.7. The number of hydrogen-bond acceptors (Lipinski definition) is 3. The summed E-state index contributed by atoms with van der Waals surface area (Å²) in [5, 5.41) is 0.268. The first-order valence-corrected chi connectivity index (χ1v) is 14.5. The van der Waals surface area contributed by atoms with E-state index >= 15 is 0 Å². The molecule has 158 valence electrons. The van der Waals surface area contributed by atoms with E-state index in [9.17, 15) is 0 Å². The van der Waals surface area contributed by atoms with Gasteiger partial charge in [-0.05, 0) is 42.8 Å². The van der Waals surface area contributed by atoms with Gasteiger partial charge in [-0.15, -0.1) is 0 Å². The van der Waals surface area contributed by atoms with Gasteiger partial charge in [0.15, 0.2) is 14.6 Å². The normalized spacial score (nSPS) is 38.1. The van der Waals surface area contributed by atoms with Crippen LogP contribution in [0.5, 0.6) is 0 Å². The Morgan fingerprint density at radius 3 is 2.30 bits per heavy atom. The maximum atomic E-state index is 7.02. The maximum Gasteiger partial charge on any atom is 0.192 e. The summed E-state index contributed by atoms with van der Waals surface area (Å²) in [4.78, 5) is 0. The van der Waals surface area contributed by atoms with Crippen molar-refractivity contribution in [3.63, 3.8) is 0 Å². The molecule has 0 amide bonds. The monoisotopic (exact) mass is 396 g/mol. The van der Waals surface area contributed by atoms with Crippen LogP contribution in [0.4, 0.5) is 0 Å². The van der Waals surface area contributed by atoms with Gasteiger partial charge < -0.3 is 13.9 Å². The molecule has 0 aromatic carbocycles. The summed E-state index contributed by atoms with van der Waals surface area (Å²) >= 11 is 0. The third-order valence-electron chi connectivity index (χ3n) is 8.21. The highest BCUT2D eigenvalue weighted by Crippen LogP contribution is 2.62. The van der Waals surface area contributed by atoms with E-state index in [1.54, 1.807) is 0 Å². The van der Waals surface area contributed by atoms with Gasteiger partial charge in [-0.3, -0.25) is 0 Å². The number of rotatable bonds is 10. The molecule has 0 N–H and O–H groups in total. The summed E-state index contributed by atoms with van der Waals surface area (Å²) in [5.41, 5.74) is 0.